The second kappa shape index (κ2) is 9.90. The molecule has 8 heteroatoms. The van der Waals surface area contributed by atoms with Crippen LogP contribution in [0.1, 0.15) is 43.9 Å². The molecule has 2 bridgehead atoms. The summed E-state index contributed by atoms with van der Waals surface area (Å²) in [6, 6.07) is 17.5. The van der Waals surface area contributed by atoms with Gasteiger partial charge in [-0.3, -0.25) is 14.4 Å². The number of nitrogens with one attached hydrogen (secondary N) is 2. The fourth-order valence-corrected chi connectivity index (χ4v) is 8.53. The Labute approximate surface area is 216 Å². The van der Waals surface area contributed by atoms with Gasteiger partial charge in [-0.25, -0.2) is 0 Å². The van der Waals surface area contributed by atoms with Gasteiger partial charge in [0, 0.05) is 17.8 Å². The molecule has 0 radical (unpaired) electrons. The predicted octanol–water partition coefficient (Wildman–Crippen LogP) is 2.65. The summed E-state index contributed by atoms with van der Waals surface area (Å²) in [5.74, 6) is -1.67. The number of aliphatic hydroxyl groups excluding tert-OH is 1. The zero-order valence-electron chi connectivity index (χ0n) is 20.6. The Morgan fingerprint density at radius 3 is 2.39 bits per heavy atom. The molecule has 2 aromatic rings. The maximum atomic E-state index is 14.2. The minimum atomic E-state index is -0.753. The van der Waals surface area contributed by atoms with Gasteiger partial charge in [-0.1, -0.05) is 60.7 Å². The Morgan fingerprint density at radius 2 is 1.75 bits per heavy atom. The van der Waals surface area contributed by atoms with Crippen LogP contribution >= 0.6 is 11.8 Å². The smallest absolute Gasteiger partial charge is 0.244 e. The number of aliphatic hydroxyl groups is 1. The summed E-state index contributed by atoms with van der Waals surface area (Å²) in [5, 5.41) is 16.5. The minimum Gasteiger partial charge on any atom is -0.394 e. The summed E-state index contributed by atoms with van der Waals surface area (Å²) in [7, 11) is 0. The van der Waals surface area contributed by atoms with Gasteiger partial charge < -0.3 is 20.6 Å². The highest BCUT2D eigenvalue weighted by Gasteiger charge is 2.74. The first-order chi connectivity index (χ1) is 17.4. The van der Waals surface area contributed by atoms with Crippen molar-refractivity contribution in [3.8, 4) is 0 Å². The summed E-state index contributed by atoms with van der Waals surface area (Å²) < 4.78 is -0.683. The molecule has 0 saturated carbocycles. The molecule has 3 amide bonds. The van der Waals surface area contributed by atoms with Crippen molar-refractivity contribution in [2.24, 2.45) is 11.8 Å². The van der Waals surface area contributed by atoms with Crippen LogP contribution in [0.15, 0.2) is 60.7 Å². The third-order valence-electron chi connectivity index (χ3n) is 7.72. The number of rotatable bonds is 8. The summed E-state index contributed by atoms with van der Waals surface area (Å²) >= 11 is 1.64. The van der Waals surface area contributed by atoms with Gasteiger partial charge in [0.25, 0.3) is 0 Å². The molecule has 3 aliphatic heterocycles. The molecule has 0 aliphatic carbocycles. The minimum absolute atomic E-state index is 0.00414. The number of amides is 3. The standard InChI is InChI=1S/C28H33N3O4S/c1-17(2)30-26(34)24-28-14-13-21(36-28)22(25(33)29-15-18-9-5-3-6-10-18)23(28)27(35)31(24)20(16-32)19-11-7-4-8-12-19/h3-12,17,20-24,32H,13-16H2,1-2H3,(H,29,33)(H,30,34)/t20-,21+,22-,23+,24?,28?/m1/s1. The van der Waals surface area contributed by atoms with Crippen LogP contribution in [0, 0.1) is 11.8 Å². The van der Waals surface area contributed by atoms with Crippen molar-refractivity contribution < 1.29 is 19.5 Å². The highest BCUT2D eigenvalue weighted by molar-refractivity contribution is 8.02. The van der Waals surface area contributed by atoms with Crippen molar-refractivity contribution >= 4 is 29.5 Å². The van der Waals surface area contributed by atoms with Crippen LogP contribution in [0.5, 0.6) is 0 Å². The van der Waals surface area contributed by atoms with Crippen molar-refractivity contribution in [3.63, 3.8) is 0 Å². The van der Waals surface area contributed by atoms with E-state index in [4.69, 9.17) is 0 Å². The van der Waals surface area contributed by atoms with Crippen molar-refractivity contribution in [2.45, 2.75) is 61.4 Å². The fraction of sp³-hybridized carbons (Fsp3) is 0.464. The molecular weight excluding hydrogens is 474 g/mol. The number of fused-ring (bicyclic) bond motifs is 1. The second-order valence-corrected chi connectivity index (χ2v) is 11.9. The van der Waals surface area contributed by atoms with Crippen LogP contribution < -0.4 is 10.6 Å². The quantitative estimate of drug-likeness (QED) is 0.510. The molecular formula is C28H33N3O4S. The van der Waals surface area contributed by atoms with E-state index >= 15 is 0 Å². The molecule has 2 unspecified atom stereocenters. The predicted molar refractivity (Wildman–Crippen MR) is 139 cm³/mol. The normalized spacial score (nSPS) is 29.3. The molecule has 1 spiro atoms. The molecule has 3 N–H and O–H groups in total. The maximum absolute atomic E-state index is 14.2. The summed E-state index contributed by atoms with van der Waals surface area (Å²) in [5.41, 5.74) is 1.77. The fourth-order valence-electron chi connectivity index (χ4n) is 6.32. The van der Waals surface area contributed by atoms with Crippen molar-refractivity contribution in [1.29, 1.82) is 0 Å². The van der Waals surface area contributed by atoms with Gasteiger partial charge in [0.05, 0.1) is 29.2 Å². The third-order valence-corrected chi connectivity index (χ3v) is 9.67. The van der Waals surface area contributed by atoms with E-state index in [1.54, 1.807) is 16.7 Å². The number of thioether (sulfide) groups is 1. The van der Waals surface area contributed by atoms with E-state index in [2.05, 4.69) is 10.6 Å². The van der Waals surface area contributed by atoms with Crippen LogP contribution in [-0.2, 0) is 20.9 Å². The molecule has 36 heavy (non-hydrogen) atoms. The lowest BCUT2D eigenvalue weighted by molar-refractivity contribution is -0.143. The van der Waals surface area contributed by atoms with E-state index in [0.29, 0.717) is 13.0 Å². The largest absolute Gasteiger partial charge is 0.394 e. The van der Waals surface area contributed by atoms with Crippen LogP contribution in [0.4, 0.5) is 0 Å². The summed E-state index contributed by atoms with van der Waals surface area (Å²) in [6.07, 6.45) is 1.48. The van der Waals surface area contributed by atoms with Gasteiger partial charge in [-0.15, -0.1) is 11.8 Å². The number of hydrogen-bond acceptors (Lipinski definition) is 5. The van der Waals surface area contributed by atoms with Crippen molar-refractivity contribution in [3.05, 3.63) is 71.8 Å². The zero-order chi connectivity index (χ0) is 25.4. The van der Waals surface area contributed by atoms with Crippen LogP contribution in [-0.4, -0.2) is 56.4 Å². The molecule has 3 aliphatic rings. The molecule has 3 saturated heterocycles. The average Bonchev–Trinajstić information content (AvgIpc) is 3.52. The van der Waals surface area contributed by atoms with Crippen LogP contribution in [0.3, 0.4) is 0 Å². The maximum Gasteiger partial charge on any atom is 0.244 e. The lowest BCUT2D eigenvalue weighted by Gasteiger charge is -2.37. The van der Waals surface area contributed by atoms with Gasteiger partial charge in [0.15, 0.2) is 0 Å². The van der Waals surface area contributed by atoms with Gasteiger partial charge in [0.2, 0.25) is 17.7 Å². The third kappa shape index (κ3) is 4.10. The topological polar surface area (TPSA) is 98.7 Å². The number of carbonyl (C=O) groups is 3. The van der Waals surface area contributed by atoms with E-state index in [1.165, 1.54) is 0 Å². The van der Waals surface area contributed by atoms with Gasteiger partial charge in [-0.2, -0.15) is 0 Å². The Bertz CT molecular complexity index is 1130. The number of nitrogens with zero attached hydrogens (tertiary/aromatic N) is 1. The number of hydrogen-bond donors (Lipinski definition) is 3. The van der Waals surface area contributed by atoms with Crippen LogP contribution in [0.2, 0.25) is 0 Å². The molecule has 190 valence electrons. The molecule has 2 aromatic carbocycles. The molecule has 5 rings (SSSR count). The Morgan fingerprint density at radius 1 is 1.08 bits per heavy atom. The summed E-state index contributed by atoms with van der Waals surface area (Å²) in [4.78, 5) is 43.0. The first-order valence-corrected chi connectivity index (χ1v) is 13.5. The lowest BCUT2D eigenvalue weighted by Crippen LogP contribution is -2.55. The molecule has 0 aromatic heterocycles. The molecule has 3 fully saturated rings. The number of carbonyl (C=O) groups excluding carboxylic acids is 3. The van der Waals surface area contributed by atoms with E-state index in [9.17, 15) is 19.5 Å². The zero-order valence-corrected chi connectivity index (χ0v) is 21.4. The second-order valence-electron chi connectivity index (χ2n) is 10.3. The number of likely N-dealkylation sites (tertiary alicyclic amines) is 1. The molecule has 7 nitrogen and oxygen atoms in total. The van der Waals surface area contributed by atoms with Gasteiger partial charge in [0.1, 0.15) is 6.04 Å². The van der Waals surface area contributed by atoms with Crippen molar-refractivity contribution in [1.82, 2.24) is 15.5 Å². The van der Waals surface area contributed by atoms with E-state index in [0.717, 1.165) is 17.5 Å². The van der Waals surface area contributed by atoms with E-state index < -0.39 is 28.7 Å². The highest BCUT2D eigenvalue weighted by Crippen LogP contribution is 2.67. The first-order valence-electron chi connectivity index (χ1n) is 12.6. The molecule has 3 heterocycles. The molecule has 6 atom stereocenters. The van der Waals surface area contributed by atoms with Gasteiger partial charge in [-0.05, 0) is 37.8 Å². The SMILES string of the molecule is CC(C)NC(=O)C1N([C@H](CO)c2ccccc2)C(=O)[C@@H]2[C@H](C(=O)NCc3ccccc3)[C@@H]3CCC12S3. The summed E-state index contributed by atoms with van der Waals surface area (Å²) in [6.45, 7) is 3.89. The average molecular weight is 508 g/mol. The van der Waals surface area contributed by atoms with E-state index in [-0.39, 0.29) is 35.6 Å². The van der Waals surface area contributed by atoms with Crippen molar-refractivity contribution in [2.75, 3.05) is 6.61 Å². The van der Waals surface area contributed by atoms with E-state index in [1.807, 2.05) is 74.5 Å². The van der Waals surface area contributed by atoms with Crippen LogP contribution in [0.25, 0.3) is 0 Å². The Balaban J connectivity index is 1.50. The Hall–Kier alpha value is -2.84. The lowest BCUT2D eigenvalue weighted by atomic mass is 9.70. The monoisotopic (exact) mass is 507 g/mol. The first kappa shape index (κ1) is 24.8. The number of benzene rings is 2. The Kier molecular flexibility index (Phi) is 6.83. The van der Waals surface area contributed by atoms with Gasteiger partial charge >= 0.3 is 0 Å². The highest BCUT2D eigenvalue weighted by atomic mass is 32.2.